The first-order chi connectivity index (χ1) is 7.28. The van der Waals surface area contributed by atoms with Gasteiger partial charge in [0.05, 0.1) is 6.54 Å². The van der Waals surface area contributed by atoms with Crippen LogP contribution in [0.4, 0.5) is 0 Å². The van der Waals surface area contributed by atoms with Crippen LogP contribution in [0.1, 0.15) is 24.6 Å². The van der Waals surface area contributed by atoms with Gasteiger partial charge in [0.25, 0.3) is 0 Å². The number of rotatable bonds is 3. The summed E-state index contributed by atoms with van der Waals surface area (Å²) >= 11 is 0. The van der Waals surface area contributed by atoms with E-state index in [1.54, 1.807) is 0 Å². The van der Waals surface area contributed by atoms with E-state index >= 15 is 0 Å². The van der Waals surface area contributed by atoms with Crippen LogP contribution >= 0.6 is 0 Å². The normalized spacial score (nSPS) is 19.6. The molecule has 0 spiro atoms. The maximum atomic E-state index is 9.01. The Morgan fingerprint density at radius 1 is 1.47 bits per heavy atom. The van der Waals surface area contributed by atoms with E-state index in [2.05, 4.69) is 15.0 Å². The summed E-state index contributed by atoms with van der Waals surface area (Å²) in [6.45, 7) is 4.89. The molecule has 2 rings (SSSR count). The molecule has 1 aromatic rings. The Kier molecular flexibility index (Phi) is 3.33. The van der Waals surface area contributed by atoms with E-state index in [9.17, 15) is 0 Å². The quantitative estimate of drug-likeness (QED) is 0.792. The molecule has 15 heavy (non-hydrogen) atoms. The fourth-order valence-corrected chi connectivity index (χ4v) is 1.92. The van der Waals surface area contributed by atoms with Crippen LogP contribution in [0.2, 0.25) is 0 Å². The molecule has 1 aliphatic heterocycles. The third-order valence-corrected chi connectivity index (χ3v) is 2.89. The second-order valence-corrected chi connectivity index (χ2v) is 4.14. The lowest BCUT2D eigenvalue weighted by atomic mass is 9.98. The van der Waals surface area contributed by atoms with E-state index in [1.807, 2.05) is 6.92 Å². The zero-order valence-electron chi connectivity index (χ0n) is 9.02. The summed E-state index contributed by atoms with van der Waals surface area (Å²) < 4.78 is 5.07. The minimum atomic E-state index is 0.313. The number of likely N-dealkylation sites (tertiary alicyclic amines) is 1. The van der Waals surface area contributed by atoms with Crippen molar-refractivity contribution >= 4 is 0 Å². The summed E-state index contributed by atoms with van der Waals surface area (Å²) in [6.07, 6.45) is 2.12. The van der Waals surface area contributed by atoms with Crippen molar-refractivity contribution in [1.29, 1.82) is 0 Å². The summed E-state index contributed by atoms with van der Waals surface area (Å²) in [5.41, 5.74) is 0. The Labute approximate surface area is 89.1 Å². The minimum Gasteiger partial charge on any atom is -0.396 e. The van der Waals surface area contributed by atoms with Crippen LogP contribution in [0.15, 0.2) is 4.52 Å². The maximum absolute atomic E-state index is 9.01. The van der Waals surface area contributed by atoms with Crippen molar-refractivity contribution in [1.82, 2.24) is 15.0 Å². The first-order valence-corrected chi connectivity index (χ1v) is 5.40. The Morgan fingerprint density at radius 2 is 2.20 bits per heavy atom. The average Bonchev–Trinajstić information content (AvgIpc) is 2.65. The van der Waals surface area contributed by atoms with Crippen molar-refractivity contribution in [2.75, 3.05) is 19.7 Å². The second-order valence-electron chi connectivity index (χ2n) is 4.14. The van der Waals surface area contributed by atoms with Crippen molar-refractivity contribution in [2.24, 2.45) is 5.92 Å². The first-order valence-electron chi connectivity index (χ1n) is 5.40. The van der Waals surface area contributed by atoms with Crippen LogP contribution in [-0.4, -0.2) is 39.8 Å². The highest BCUT2D eigenvalue weighted by molar-refractivity contribution is 4.84. The van der Waals surface area contributed by atoms with Gasteiger partial charge in [0.2, 0.25) is 5.89 Å². The summed E-state index contributed by atoms with van der Waals surface area (Å²) in [5.74, 6) is 1.86. The molecule has 1 aromatic heterocycles. The molecule has 5 nitrogen and oxygen atoms in total. The second kappa shape index (κ2) is 4.72. The van der Waals surface area contributed by atoms with Crippen LogP contribution in [0.3, 0.4) is 0 Å². The summed E-state index contributed by atoms with van der Waals surface area (Å²) in [6, 6.07) is 0. The average molecular weight is 211 g/mol. The van der Waals surface area contributed by atoms with Gasteiger partial charge in [-0.05, 0) is 38.8 Å². The number of hydrogen-bond donors (Lipinski definition) is 1. The number of aliphatic hydroxyl groups excluding tert-OH is 1. The van der Waals surface area contributed by atoms with Gasteiger partial charge in [-0.3, -0.25) is 4.90 Å². The molecule has 0 amide bonds. The van der Waals surface area contributed by atoms with Gasteiger partial charge < -0.3 is 9.63 Å². The van der Waals surface area contributed by atoms with E-state index in [0.29, 0.717) is 24.2 Å². The Balaban J connectivity index is 1.82. The Bertz CT molecular complexity index is 305. The number of aromatic nitrogens is 2. The third-order valence-electron chi connectivity index (χ3n) is 2.89. The van der Waals surface area contributed by atoms with Crippen molar-refractivity contribution in [2.45, 2.75) is 26.3 Å². The molecular weight excluding hydrogens is 194 g/mol. The number of aryl methyl sites for hydroxylation is 1. The van der Waals surface area contributed by atoms with Crippen molar-refractivity contribution in [3.63, 3.8) is 0 Å². The molecule has 0 bridgehead atoms. The van der Waals surface area contributed by atoms with Crippen LogP contribution in [-0.2, 0) is 6.54 Å². The number of nitrogens with zero attached hydrogens (tertiary/aromatic N) is 3. The molecule has 1 fully saturated rings. The molecule has 2 heterocycles. The third kappa shape index (κ3) is 2.76. The maximum Gasteiger partial charge on any atom is 0.240 e. The molecular formula is C10H17N3O2. The number of aliphatic hydroxyl groups is 1. The lowest BCUT2D eigenvalue weighted by Gasteiger charge is -2.29. The SMILES string of the molecule is Cc1noc(CN2CCC(CO)CC2)n1. The van der Waals surface area contributed by atoms with Gasteiger partial charge in [-0.2, -0.15) is 4.98 Å². The molecule has 1 N–H and O–H groups in total. The van der Waals surface area contributed by atoms with Crippen LogP contribution < -0.4 is 0 Å². The van der Waals surface area contributed by atoms with Gasteiger partial charge in [-0.25, -0.2) is 0 Å². The number of piperidine rings is 1. The monoisotopic (exact) mass is 211 g/mol. The predicted octanol–water partition coefficient (Wildman–Crippen LogP) is 0.582. The van der Waals surface area contributed by atoms with Gasteiger partial charge in [-0.15, -0.1) is 0 Å². The van der Waals surface area contributed by atoms with E-state index in [4.69, 9.17) is 9.63 Å². The Hall–Kier alpha value is -0.940. The van der Waals surface area contributed by atoms with E-state index in [-0.39, 0.29) is 0 Å². The van der Waals surface area contributed by atoms with Gasteiger partial charge >= 0.3 is 0 Å². The molecule has 0 aromatic carbocycles. The fraction of sp³-hybridized carbons (Fsp3) is 0.800. The zero-order chi connectivity index (χ0) is 10.7. The van der Waals surface area contributed by atoms with E-state index in [0.717, 1.165) is 32.5 Å². The van der Waals surface area contributed by atoms with Crippen molar-refractivity contribution < 1.29 is 9.63 Å². The molecule has 1 saturated heterocycles. The van der Waals surface area contributed by atoms with Crippen LogP contribution in [0.25, 0.3) is 0 Å². The molecule has 0 saturated carbocycles. The highest BCUT2D eigenvalue weighted by Crippen LogP contribution is 2.17. The molecule has 84 valence electrons. The van der Waals surface area contributed by atoms with Gasteiger partial charge in [0.1, 0.15) is 0 Å². The van der Waals surface area contributed by atoms with E-state index in [1.165, 1.54) is 0 Å². The number of hydrogen-bond acceptors (Lipinski definition) is 5. The molecule has 1 aliphatic rings. The zero-order valence-corrected chi connectivity index (χ0v) is 9.02. The van der Waals surface area contributed by atoms with E-state index < -0.39 is 0 Å². The molecule has 5 heteroatoms. The molecule has 0 aliphatic carbocycles. The van der Waals surface area contributed by atoms with Crippen LogP contribution in [0, 0.1) is 12.8 Å². The fourth-order valence-electron chi connectivity index (χ4n) is 1.92. The lowest BCUT2D eigenvalue weighted by molar-refractivity contribution is 0.119. The van der Waals surface area contributed by atoms with Crippen molar-refractivity contribution in [3.05, 3.63) is 11.7 Å². The lowest BCUT2D eigenvalue weighted by Crippen LogP contribution is -2.34. The summed E-state index contributed by atoms with van der Waals surface area (Å²) in [4.78, 5) is 6.47. The summed E-state index contributed by atoms with van der Waals surface area (Å²) in [5, 5.41) is 12.8. The molecule has 0 atom stereocenters. The van der Waals surface area contributed by atoms with Crippen molar-refractivity contribution in [3.8, 4) is 0 Å². The summed E-state index contributed by atoms with van der Waals surface area (Å²) in [7, 11) is 0. The largest absolute Gasteiger partial charge is 0.396 e. The molecule has 0 radical (unpaired) electrons. The van der Waals surface area contributed by atoms with Crippen LogP contribution in [0.5, 0.6) is 0 Å². The topological polar surface area (TPSA) is 62.4 Å². The highest BCUT2D eigenvalue weighted by Gasteiger charge is 2.19. The standard InChI is InChI=1S/C10H17N3O2/c1-8-11-10(15-12-8)6-13-4-2-9(7-14)3-5-13/h9,14H,2-7H2,1H3. The highest BCUT2D eigenvalue weighted by atomic mass is 16.5. The van der Waals surface area contributed by atoms with Gasteiger partial charge in [0, 0.05) is 6.61 Å². The smallest absolute Gasteiger partial charge is 0.240 e. The Morgan fingerprint density at radius 3 is 2.73 bits per heavy atom. The predicted molar refractivity (Wildman–Crippen MR) is 54.1 cm³/mol. The molecule has 0 unspecified atom stereocenters. The first kappa shape index (κ1) is 10.6. The van der Waals surface area contributed by atoms with Gasteiger partial charge in [-0.1, -0.05) is 5.16 Å². The van der Waals surface area contributed by atoms with Gasteiger partial charge in [0.15, 0.2) is 5.82 Å². The minimum absolute atomic E-state index is 0.313.